The summed E-state index contributed by atoms with van der Waals surface area (Å²) in [5.41, 5.74) is 3.09. The minimum atomic E-state index is -0.684. The summed E-state index contributed by atoms with van der Waals surface area (Å²) in [5, 5.41) is 3.05. The zero-order valence-electron chi connectivity index (χ0n) is 22.3. The highest BCUT2D eigenvalue weighted by atomic mass is 79.9. The second-order valence-electron chi connectivity index (χ2n) is 9.63. The summed E-state index contributed by atoms with van der Waals surface area (Å²) in [6.45, 7) is 7.02. The van der Waals surface area contributed by atoms with Crippen LogP contribution in [0.1, 0.15) is 56.2 Å². The van der Waals surface area contributed by atoms with E-state index in [0.717, 1.165) is 32.9 Å². The Hall–Kier alpha value is -2.64. The first-order valence-corrected chi connectivity index (χ1v) is 14.6. The van der Waals surface area contributed by atoms with Crippen LogP contribution in [0.3, 0.4) is 0 Å². The molecule has 0 bridgehead atoms. The molecule has 3 rings (SSSR count). The Morgan fingerprint density at radius 2 is 1.68 bits per heavy atom. The third-order valence-electron chi connectivity index (χ3n) is 6.32. The van der Waals surface area contributed by atoms with Gasteiger partial charge in [-0.05, 0) is 69.2 Å². The monoisotopic (exact) mass is 642 g/mol. The van der Waals surface area contributed by atoms with Crippen molar-refractivity contribution in [3.8, 4) is 5.75 Å². The number of halogens is 2. The van der Waals surface area contributed by atoms with E-state index in [4.69, 9.17) is 4.74 Å². The molecule has 0 spiro atoms. The smallest absolute Gasteiger partial charge is 0.261 e. The first-order valence-electron chi connectivity index (χ1n) is 13.1. The number of hydrogen-bond acceptors (Lipinski definition) is 3. The summed E-state index contributed by atoms with van der Waals surface area (Å²) in [5.74, 6) is 0.564. The lowest BCUT2D eigenvalue weighted by molar-refractivity contribution is -0.142. The highest BCUT2D eigenvalue weighted by Gasteiger charge is 2.30. The van der Waals surface area contributed by atoms with E-state index in [1.807, 2.05) is 72.8 Å². The topological polar surface area (TPSA) is 58.6 Å². The SMILES string of the molecule is CCCCNC(=O)C(Cc1ccccc1)N(Cc1cccc(Br)c1)C(=O)COc1ccc(C(C)C)cc1Br. The van der Waals surface area contributed by atoms with Crippen LogP contribution in [0.25, 0.3) is 0 Å². The van der Waals surface area contributed by atoms with Gasteiger partial charge in [-0.25, -0.2) is 0 Å². The Labute approximate surface area is 243 Å². The van der Waals surface area contributed by atoms with Crippen molar-refractivity contribution in [1.29, 1.82) is 0 Å². The van der Waals surface area contributed by atoms with E-state index in [0.29, 0.717) is 24.6 Å². The van der Waals surface area contributed by atoms with Gasteiger partial charge in [0.15, 0.2) is 6.61 Å². The van der Waals surface area contributed by atoms with Crippen molar-refractivity contribution >= 4 is 43.7 Å². The van der Waals surface area contributed by atoms with Crippen LogP contribution in [-0.2, 0) is 22.6 Å². The van der Waals surface area contributed by atoms with Gasteiger partial charge in [0, 0.05) is 24.0 Å². The van der Waals surface area contributed by atoms with Crippen LogP contribution in [0.5, 0.6) is 5.75 Å². The first-order chi connectivity index (χ1) is 18.3. The number of hydrogen-bond donors (Lipinski definition) is 1. The summed E-state index contributed by atoms with van der Waals surface area (Å²) in [6, 6.07) is 22.8. The van der Waals surface area contributed by atoms with Crippen LogP contribution in [0.2, 0.25) is 0 Å². The van der Waals surface area contributed by atoms with Crippen LogP contribution in [0.15, 0.2) is 81.7 Å². The number of carbonyl (C=O) groups excluding carboxylic acids is 2. The Morgan fingerprint density at radius 1 is 0.947 bits per heavy atom. The van der Waals surface area contributed by atoms with Crippen molar-refractivity contribution in [2.45, 2.75) is 58.5 Å². The van der Waals surface area contributed by atoms with Crippen LogP contribution < -0.4 is 10.1 Å². The van der Waals surface area contributed by atoms with Gasteiger partial charge < -0.3 is 15.0 Å². The Morgan fingerprint density at radius 3 is 2.34 bits per heavy atom. The fourth-order valence-corrected chi connectivity index (χ4v) is 5.07. The van der Waals surface area contributed by atoms with Crippen molar-refractivity contribution in [2.24, 2.45) is 0 Å². The third kappa shape index (κ3) is 8.98. The molecule has 5 nitrogen and oxygen atoms in total. The first kappa shape index (κ1) is 29.9. The molecule has 0 saturated heterocycles. The standard InChI is InChI=1S/C31H36Br2N2O3/c1-4-5-16-34-31(37)28(18-23-10-7-6-8-11-23)35(20-24-12-9-13-26(32)17-24)30(36)21-38-29-15-14-25(22(2)3)19-27(29)33/h6-15,17,19,22,28H,4-5,16,18,20-21H2,1-3H3,(H,34,37). The summed E-state index contributed by atoms with van der Waals surface area (Å²) < 4.78 is 7.69. The molecule has 0 fully saturated rings. The molecule has 2 amide bonds. The molecule has 0 aliphatic rings. The molecular weight excluding hydrogens is 608 g/mol. The number of rotatable bonds is 13. The van der Waals surface area contributed by atoms with Crippen molar-refractivity contribution < 1.29 is 14.3 Å². The number of nitrogens with one attached hydrogen (secondary N) is 1. The lowest BCUT2D eigenvalue weighted by Gasteiger charge is -2.31. The lowest BCUT2D eigenvalue weighted by Crippen LogP contribution is -2.51. The van der Waals surface area contributed by atoms with Gasteiger partial charge in [-0.1, -0.05) is 91.7 Å². The second-order valence-corrected chi connectivity index (χ2v) is 11.4. The van der Waals surface area contributed by atoms with E-state index < -0.39 is 6.04 Å². The van der Waals surface area contributed by atoms with Crippen molar-refractivity contribution in [1.82, 2.24) is 10.2 Å². The molecule has 3 aromatic rings. The number of benzene rings is 3. The molecule has 0 saturated carbocycles. The van der Waals surface area contributed by atoms with Gasteiger partial charge in [0.25, 0.3) is 5.91 Å². The van der Waals surface area contributed by atoms with Gasteiger partial charge in [0.1, 0.15) is 11.8 Å². The molecule has 0 heterocycles. The summed E-state index contributed by atoms with van der Waals surface area (Å²) in [4.78, 5) is 28.9. The summed E-state index contributed by atoms with van der Waals surface area (Å²) in [6.07, 6.45) is 2.26. The fourth-order valence-electron chi connectivity index (χ4n) is 4.11. The van der Waals surface area contributed by atoms with E-state index >= 15 is 0 Å². The summed E-state index contributed by atoms with van der Waals surface area (Å²) >= 11 is 7.10. The Balaban J connectivity index is 1.89. The number of carbonyl (C=O) groups is 2. The van der Waals surface area contributed by atoms with Gasteiger partial charge in [-0.15, -0.1) is 0 Å². The molecule has 1 atom stereocenters. The van der Waals surface area contributed by atoms with Gasteiger partial charge in [0.05, 0.1) is 4.47 Å². The maximum Gasteiger partial charge on any atom is 0.261 e. The van der Waals surface area contributed by atoms with Gasteiger partial charge >= 0.3 is 0 Å². The van der Waals surface area contributed by atoms with Gasteiger partial charge in [-0.2, -0.15) is 0 Å². The number of unbranched alkanes of at least 4 members (excludes halogenated alkanes) is 1. The molecule has 7 heteroatoms. The van der Waals surface area contributed by atoms with E-state index in [9.17, 15) is 9.59 Å². The van der Waals surface area contributed by atoms with Crippen molar-refractivity contribution in [2.75, 3.05) is 13.2 Å². The van der Waals surface area contributed by atoms with Crippen LogP contribution >= 0.6 is 31.9 Å². The average molecular weight is 644 g/mol. The minimum absolute atomic E-state index is 0.159. The fraction of sp³-hybridized carbons (Fsp3) is 0.355. The van der Waals surface area contributed by atoms with Crippen LogP contribution in [0, 0.1) is 0 Å². The highest BCUT2D eigenvalue weighted by Crippen LogP contribution is 2.29. The molecule has 3 aromatic carbocycles. The number of amides is 2. The Kier molecular flexibility index (Phi) is 11.9. The van der Waals surface area contributed by atoms with E-state index in [2.05, 4.69) is 57.9 Å². The molecule has 38 heavy (non-hydrogen) atoms. The molecule has 0 aliphatic carbocycles. The molecule has 1 unspecified atom stereocenters. The second kappa shape index (κ2) is 15.1. The molecule has 202 valence electrons. The molecule has 1 N–H and O–H groups in total. The van der Waals surface area contributed by atoms with E-state index in [1.165, 1.54) is 5.56 Å². The lowest BCUT2D eigenvalue weighted by atomic mass is 10.0. The molecule has 0 aromatic heterocycles. The van der Waals surface area contributed by atoms with Crippen LogP contribution in [-0.4, -0.2) is 35.9 Å². The van der Waals surface area contributed by atoms with E-state index in [-0.39, 0.29) is 25.0 Å². The zero-order valence-corrected chi connectivity index (χ0v) is 25.4. The minimum Gasteiger partial charge on any atom is -0.483 e. The molecule has 0 aliphatic heterocycles. The molecule has 0 radical (unpaired) electrons. The summed E-state index contributed by atoms with van der Waals surface area (Å²) in [7, 11) is 0. The van der Waals surface area contributed by atoms with Crippen molar-refractivity contribution in [3.05, 3.63) is 98.4 Å². The van der Waals surface area contributed by atoms with Gasteiger partial charge in [0.2, 0.25) is 5.91 Å². The normalized spacial score (nSPS) is 11.7. The number of nitrogens with zero attached hydrogens (tertiary/aromatic N) is 1. The highest BCUT2D eigenvalue weighted by molar-refractivity contribution is 9.10. The zero-order chi connectivity index (χ0) is 27.5. The van der Waals surface area contributed by atoms with E-state index in [1.54, 1.807) is 4.90 Å². The average Bonchev–Trinajstić information content (AvgIpc) is 2.90. The largest absolute Gasteiger partial charge is 0.483 e. The predicted molar refractivity (Wildman–Crippen MR) is 160 cm³/mol. The maximum atomic E-state index is 13.8. The Bertz CT molecular complexity index is 1200. The van der Waals surface area contributed by atoms with Gasteiger partial charge in [-0.3, -0.25) is 9.59 Å². The predicted octanol–water partition coefficient (Wildman–Crippen LogP) is 7.27. The van der Waals surface area contributed by atoms with Crippen LogP contribution in [0.4, 0.5) is 0 Å². The molecular formula is C31H36Br2N2O3. The third-order valence-corrected chi connectivity index (χ3v) is 7.43. The van der Waals surface area contributed by atoms with Crippen molar-refractivity contribution in [3.63, 3.8) is 0 Å². The maximum absolute atomic E-state index is 13.8. The number of ether oxygens (including phenoxy) is 1. The quantitative estimate of drug-likeness (QED) is 0.199.